The molecule has 142 valence electrons. The van der Waals surface area contributed by atoms with Gasteiger partial charge in [0.15, 0.2) is 5.82 Å². The SMILES string of the molecule is FC(F)(F)Oc1cccc(-c2nc3c(NCc4ccncc4)nccc3[nH]2)c1. The van der Waals surface area contributed by atoms with E-state index in [-0.39, 0.29) is 5.75 Å². The van der Waals surface area contributed by atoms with E-state index in [1.54, 1.807) is 30.7 Å². The van der Waals surface area contributed by atoms with Crippen LogP contribution in [0.3, 0.4) is 0 Å². The van der Waals surface area contributed by atoms with Crippen molar-refractivity contribution in [2.45, 2.75) is 12.9 Å². The van der Waals surface area contributed by atoms with Gasteiger partial charge in [0.2, 0.25) is 0 Å². The molecule has 0 bridgehead atoms. The summed E-state index contributed by atoms with van der Waals surface area (Å²) < 4.78 is 41.3. The Labute approximate surface area is 157 Å². The summed E-state index contributed by atoms with van der Waals surface area (Å²) in [5.41, 5.74) is 2.80. The van der Waals surface area contributed by atoms with Crippen molar-refractivity contribution in [3.8, 4) is 17.1 Å². The Morgan fingerprint density at radius 2 is 1.86 bits per heavy atom. The van der Waals surface area contributed by atoms with Crippen molar-refractivity contribution in [1.29, 1.82) is 0 Å². The summed E-state index contributed by atoms with van der Waals surface area (Å²) >= 11 is 0. The molecule has 0 aliphatic carbocycles. The van der Waals surface area contributed by atoms with Crippen molar-refractivity contribution in [3.05, 3.63) is 66.6 Å². The molecule has 9 heteroatoms. The molecule has 3 heterocycles. The van der Waals surface area contributed by atoms with Crippen LogP contribution >= 0.6 is 0 Å². The molecule has 28 heavy (non-hydrogen) atoms. The number of benzene rings is 1. The third-order valence-corrected chi connectivity index (χ3v) is 3.95. The van der Waals surface area contributed by atoms with Crippen LogP contribution in [0.4, 0.5) is 19.0 Å². The molecular formula is C19H14F3N5O. The molecule has 0 amide bonds. The lowest BCUT2D eigenvalue weighted by atomic mass is 10.2. The second-order valence-corrected chi connectivity index (χ2v) is 5.93. The zero-order valence-electron chi connectivity index (χ0n) is 14.4. The summed E-state index contributed by atoms with van der Waals surface area (Å²) in [6, 6.07) is 11.2. The number of H-pyrrole nitrogens is 1. The molecule has 0 saturated heterocycles. The molecule has 0 aliphatic rings. The first-order valence-electron chi connectivity index (χ1n) is 8.32. The largest absolute Gasteiger partial charge is 0.573 e. The van der Waals surface area contributed by atoms with E-state index >= 15 is 0 Å². The maximum Gasteiger partial charge on any atom is 0.573 e. The number of halogens is 3. The topological polar surface area (TPSA) is 75.7 Å². The van der Waals surface area contributed by atoms with Gasteiger partial charge in [-0.25, -0.2) is 9.97 Å². The van der Waals surface area contributed by atoms with Crippen LogP contribution in [0.25, 0.3) is 22.4 Å². The lowest BCUT2D eigenvalue weighted by Gasteiger charge is -2.09. The number of pyridine rings is 2. The Morgan fingerprint density at radius 1 is 1.04 bits per heavy atom. The van der Waals surface area contributed by atoms with Gasteiger partial charge in [-0.2, -0.15) is 0 Å². The van der Waals surface area contributed by atoms with Crippen LogP contribution in [-0.2, 0) is 6.54 Å². The molecule has 0 spiro atoms. The van der Waals surface area contributed by atoms with E-state index < -0.39 is 6.36 Å². The first-order chi connectivity index (χ1) is 13.5. The summed E-state index contributed by atoms with van der Waals surface area (Å²) in [4.78, 5) is 15.9. The van der Waals surface area contributed by atoms with Crippen LogP contribution in [0.2, 0.25) is 0 Å². The number of aromatic nitrogens is 4. The van der Waals surface area contributed by atoms with Crippen LogP contribution in [0, 0.1) is 0 Å². The molecule has 0 atom stereocenters. The van der Waals surface area contributed by atoms with Crippen molar-refractivity contribution >= 4 is 16.9 Å². The molecule has 2 N–H and O–H groups in total. The Hall–Kier alpha value is -3.62. The highest BCUT2D eigenvalue weighted by Crippen LogP contribution is 2.29. The predicted octanol–water partition coefficient (Wildman–Crippen LogP) is 4.53. The van der Waals surface area contributed by atoms with Crippen molar-refractivity contribution < 1.29 is 17.9 Å². The smallest absolute Gasteiger partial charge is 0.406 e. The van der Waals surface area contributed by atoms with Crippen molar-refractivity contribution in [2.24, 2.45) is 0 Å². The number of ether oxygens (including phenoxy) is 1. The number of hydrogen-bond donors (Lipinski definition) is 2. The van der Waals surface area contributed by atoms with Gasteiger partial charge in [-0.05, 0) is 35.9 Å². The van der Waals surface area contributed by atoms with E-state index in [4.69, 9.17) is 0 Å². The van der Waals surface area contributed by atoms with Crippen LogP contribution in [0.15, 0.2) is 61.1 Å². The van der Waals surface area contributed by atoms with Gasteiger partial charge in [-0.3, -0.25) is 4.98 Å². The van der Waals surface area contributed by atoms with Gasteiger partial charge >= 0.3 is 6.36 Å². The van der Waals surface area contributed by atoms with E-state index in [9.17, 15) is 13.2 Å². The van der Waals surface area contributed by atoms with Crippen molar-refractivity contribution in [1.82, 2.24) is 19.9 Å². The number of nitrogens with one attached hydrogen (secondary N) is 2. The lowest BCUT2D eigenvalue weighted by molar-refractivity contribution is -0.274. The van der Waals surface area contributed by atoms with Gasteiger partial charge in [0.1, 0.15) is 17.1 Å². The Morgan fingerprint density at radius 3 is 2.64 bits per heavy atom. The van der Waals surface area contributed by atoms with E-state index in [1.165, 1.54) is 18.2 Å². The van der Waals surface area contributed by atoms with Gasteiger partial charge < -0.3 is 15.0 Å². The van der Waals surface area contributed by atoms with E-state index in [1.807, 2.05) is 12.1 Å². The minimum Gasteiger partial charge on any atom is -0.406 e. The molecule has 0 aliphatic heterocycles. The summed E-state index contributed by atoms with van der Waals surface area (Å²) in [7, 11) is 0. The zero-order valence-corrected chi connectivity index (χ0v) is 14.4. The Kier molecular flexibility index (Phi) is 4.56. The third kappa shape index (κ3) is 4.03. The minimum atomic E-state index is -4.75. The number of nitrogens with zero attached hydrogens (tertiary/aromatic N) is 3. The normalized spacial score (nSPS) is 11.5. The Balaban J connectivity index is 1.62. The molecule has 3 aromatic heterocycles. The van der Waals surface area contributed by atoms with Crippen molar-refractivity contribution in [3.63, 3.8) is 0 Å². The Bertz CT molecular complexity index is 1100. The molecule has 6 nitrogen and oxygen atoms in total. The second-order valence-electron chi connectivity index (χ2n) is 5.93. The first kappa shape index (κ1) is 17.8. The van der Waals surface area contributed by atoms with E-state index in [0.29, 0.717) is 34.8 Å². The van der Waals surface area contributed by atoms with E-state index in [2.05, 4.69) is 30.0 Å². The number of aromatic amines is 1. The van der Waals surface area contributed by atoms with Crippen molar-refractivity contribution in [2.75, 3.05) is 5.32 Å². The molecule has 1 aromatic carbocycles. The fourth-order valence-electron chi connectivity index (χ4n) is 2.73. The van der Waals surface area contributed by atoms with Crippen LogP contribution in [0.5, 0.6) is 5.75 Å². The summed E-state index contributed by atoms with van der Waals surface area (Å²) in [6.07, 6.45) is 0.282. The zero-order chi connectivity index (χ0) is 19.6. The number of rotatable bonds is 5. The second kappa shape index (κ2) is 7.18. The lowest BCUT2D eigenvalue weighted by Crippen LogP contribution is -2.17. The first-order valence-corrected chi connectivity index (χ1v) is 8.32. The molecular weight excluding hydrogens is 371 g/mol. The fourth-order valence-corrected chi connectivity index (χ4v) is 2.73. The summed E-state index contributed by atoms with van der Waals surface area (Å²) in [6.45, 7) is 0.533. The third-order valence-electron chi connectivity index (χ3n) is 3.95. The quantitative estimate of drug-likeness (QED) is 0.528. The van der Waals surface area contributed by atoms with Gasteiger partial charge in [0.05, 0.1) is 5.52 Å². The molecule has 0 radical (unpaired) electrons. The molecule has 4 rings (SSSR count). The molecule has 4 aromatic rings. The van der Waals surface area contributed by atoms with Crippen LogP contribution in [0.1, 0.15) is 5.56 Å². The number of anilines is 1. The standard InChI is InChI=1S/C19H14F3N5O/c20-19(21,22)28-14-3-1-2-13(10-14)17-26-15-6-9-24-18(16(15)27-17)25-11-12-4-7-23-8-5-12/h1-10H,11H2,(H,24,25)(H,26,27). The monoisotopic (exact) mass is 385 g/mol. The predicted molar refractivity (Wildman–Crippen MR) is 97.6 cm³/mol. The average molecular weight is 385 g/mol. The van der Waals surface area contributed by atoms with Gasteiger partial charge in [0.25, 0.3) is 0 Å². The highest BCUT2D eigenvalue weighted by molar-refractivity contribution is 5.88. The molecule has 0 saturated carbocycles. The molecule has 0 fully saturated rings. The van der Waals surface area contributed by atoms with Crippen LogP contribution < -0.4 is 10.1 Å². The molecule has 0 unspecified atom stereocenters. The number of imidazole rings is 1. The average Bonchev–Trinajstić information content (AvgIpc) is 3.11. The van der Waals surface area contributed by atoms with Gasteiger partial charge in [-0.15, -0.1) is 13.2 Å². The number of hydrogen-bond acceptors (Lipinski definition) is 5. The summed E-state index contributed by atoms with van der Waals surface area (Å²) in [5.74, 6) is 0.682. The van der Waals surface area contributed by atoms with Gasteiger partial charge in [0, 0.05) is 30.7 Å². The van der Waals surface area contributed by atoms with Crippen LogP contribution in [-0.4, -0.2) is 26.3 Å². The highest BCUT2D eigenvalue weighted by atomic mass is 19.4. The number of alkyl halides is 3. The maximum atomic E-state index is 12.5. The van der Waals surface area contributed by atoms with Gasteiger partial charge in [-0.1, -0.05) is 12.1 Å². The highest BCUT2D eigenvalue weighted by Gasteiger charge is 2.31. The summed E-state index contributed by atoms with van der Waals surface area (Å²) in [5, 5.41) is 3.22. The maximum absolute atomic E-state index is 12.5. The van der Waals surface area contributed by atoms with E-state index in [0.717, 1.165) is 5.56 Å². The fraction of sp³-hybridized carbons (Fsp3) is 0.105. The number of fused-ring (bicyclic) bond motifs is 1. The minimum absolute atomic E-state index is 0.306.